The van der Waals surface area contributed by atoms with Gasteiger partial charge in [0.1, 0.15) is 11.8 Å². The number of nitrogens with one attached hydrogen (secondary N) is 2. The van der Waals surface area contributed by atoms with Crippen LogP contribution in [-0.4, -0.2) is 111 Å². The fraction of sp³-hybridized carbons (Fsp3) is 0.564. The Morgan fingerprint density at radius 3 is 2.55 bits per heavy atom. The molecule has 2 amide bonds. The Bertz CT molecular complexity index is 1890. The summed E-state index contributed by atoms with van der Waals surface area (Å²) in [6.07, 6.45) is 11.2. The molecule has 0 unspecified atom stereocenters. The summed E-state index contributed by atoms with van der Waals surface area (Å²) in [5.41, 5.74) is 7.54. The Kier molecular flexibility index (Phi) is 12.7. The molecule has 0 bridgehead atoms. The molecule has 2 aliphatic rings. The highest BCUT2D eigenvalue weighted by atomic mass is 16.5. The van der Waals surface area contributed by atoms with E-state index in [0.29, 0.717) is 66.8 Å². The van der Waals surface area contributed by atoms with Gasteiger partial charge >= 0.3 is 0 Å². The SMILES string of the molecule is CC(C)(O)c1cc2nn(C3CCC(N4CCN(CCOCCNC(=O)CCCCCN)CC4)CC3)cc2cc1NC(=O)c1ccc2cc(C#N)cnn12. The van der Waals surface area contributed by atoms with Gasteiger partial charge < -0.3 is 26.2 Å². The van der Waals surface area contributed by atoms with Crippen LogP contribution < -0.4 is 16.4 Å². The molecule has 5 N–H and O–H groups in total. The quantitative estimate of drug-likeness (QED) is 0.124. The average molecular weight is 727 g/mol. The Morgan fingerprint density at radius 1 is 1.04 bits per heavy atom. The van der Waals surface area contributed by atoms with E-state index in [2.05, 4.69) is 42.5 Å². The topological polar surface area (TPSA) is 179 Å². The van der Waals surface area contributed by atoms with E-state index < -0.39 is 5.60 Å². The summed E-state index contributed by atoms with van der Waals surface area (Å²) in [7, 11) is 0. The molecule has 14 nitrogen and oxygen atoms in total. The van der Waals surface area contributed by atoms with Gasteiger partial charge in [0.05, 0.1) is 47.7 Å². The smallest absolute Gasteiger partial charge is 0.274 e. The number of hydrogen-bond donors (Lipinski definition) is 4. The van der Waals surface area contributed by atoms with E-state index in [9.17, 15) is 20.0 Å². The number of nitriles is 1. The Labute approximate surface area is 311 Å². The molecule has 0 spiro atoms. The number of aliphatic hydroxyl groups is 1. The van der Waals surface area contributed by atoms with Crippen molar-refractivity contribution >= 4 is 33.9 Å². The minimum Gasteiger partial charge on any atom is -0.386 e. The van der Waals surface area contributed by atoms with Crippen molar-refractivity contribution in [1.29, 1.82) is 5.26 Å². The lowest BCUT2D eigenvalue weighted by atomic mass is 9.90. The van der Waals surface area contributed by atoms with Gasteiger partial charge in [-0.3, -0.25) is 24.1 Å². The number of fused-ring (bicyclic) bond motifs is 2. The number of nitrogens with zero attached hydrogens (tertiary/aromatic N) is 7. The molecule has 2 fully saturated rings. The van der Waals surface area contributed by atoms with E-state index in [1.807, 2.05) is 12.1 Å². The lowest BCUT2D eigenvalue weighted by Crippen LogP contribution is -2.51. The molecule has 14 heteroatoms. The second kappa shape index (κ2) is 17.6. The maximum atomic E-state index is 13.5. The first-order valence-electron chi connectivity index (χ1n) is 19.1. The third kappa shape index (κ3) is 9.78. The standard InChI is InChI=1S/C39H54N10O4/c1-39(2,52)33-24-34-29(23-35(33)44-38(51)36-12-11-32-22-28(25-41)26-43-49(32)36)27-48(45-34)31-9-7-30(8-10-31)47-17-15-46(16-18-47)19-21-53-20-14-42-37(50)6-4-3-5-13-40/h11-12,22-24,26-27,30-31,52H,3-10,13-21,40H2,1-2H3,(H,42,50)(H,44,51). The number of aromatic nitrogens is 4. The molecular weight excluding hydrogens is 672 g/mol. The summed E-state index contributed by atoms with van der Waals surface area (Å²) in [6, 6.07) is 11.8. The fourth-order valence-corrected chi connectivity index (χ4v) is 7.60. The Hall–Kier alpha value is -4.39. The van der Waals surface area contributed by atoms with Crippen molar-refractivity contribution in [2.24, 2.45) is 5.73 Å². The van der Waals surface area contributed by atoms with E-state index in [1.54, 1.807) is 32.0 Å². The van der Waals surface area contributed by atoms with Gasteiger partial charge in [-0.25, -0.2) is 4.52 Å². The molecule has 0 radical (unpaired) electrons. The summed E-state index contributed by atoms with van der Waals surface area (Å²) in [5.74, 6) is -0.278. The van der Waals surface area contributed by atoms with Crippen LogP contribution in [0.4, 0.5) is 5.69 Å². The van der Waals surface area contributed by atoms with Crippen LogP contribution >= 0.6 is 0 Å². The molecule has 0 atom stereocenters. The highest BCUT2D eigenvalue weighted by Crippen LogP contribution is 2.35. The zero-order chi connectivity index (χ0) is 37.4. The predicted molar refractivity (Wildman–Crippen MR) is 203 cm³/mol. The number of anilines is 1. The molecule has 4 aromatic rings. The average Bonchev–Trinajstić information content (AvgIpc) is 3.78. The number of nitrogens with two attached hydrogens (primary N) is 1. The highest BCUT2D eigenvalue weighted by Gasteiger charge is 2.30. The van der Waals surface area contributed by atoms with E-state index in [1.165, 1.54) is 10.7 Å². The van der Waals surface area contributed by atoms with Gasteiger partial charge in [0.15, 0.2) is 0 Å². The van der Waals surface area contributed by atoms with Crippen molar-refractivity contribution in [3.63, 3.8) is 0 Å². The highest BCUT2D eigenvalue weighted by molar-refractivity contribution is 6.05. The lowest BCUT2D eigenvalue weighted by molar-refractivity contribution is -0.121. The molecular formula is C39H54N10O4. The van der Waals surface area contributed by atoms with Crippen molar-refractivity contribution in [1.82, 2.24) is 34.5 Å². The number of carbonyl (C=O) groups is 2. The van der Waals surface area contributed by atoms with Gasteiger partial charge in [0.2, 0.25) is 5.91 Å². The minimum atomic E-state index is -1.22. The van der Waals surface area contributed by atoms with Gasteiger partial charge in [-0.05, 0) is 89.2 Å². The maximum absolute atomic E-state index is 13.5. The van der Waals surface area contributed by atoms with Crippen molar-refractivity contribution < 1.29 is 19.4 Å². The van der Waals surface area contributed by atoms with Crippen LogP contribution in [0.5, 0.6) is 0 Å². The van der Waals surface area contributed by atoms with E-state index in [-0.39, 0.29) is 17.9 Å². The van der Waals surface area contributed by atoms with Crippen LogP contribution in [0.1, 0.15) is 92.9 Å². The maximum Gasteiger partial charge on any atom is 0.274 e. The van der Waals surface area contributed by atoms with Crippen molar-refractivity contribution in [2.45, 2.75) is 82.9 Å². The predicted octanol–water partition coefficient (Wildman–Crippen LogP) is 3.79. The molecule has 3 aromatic heterocycles. The molecule has 1 saturated carbocycles. The van der Waals surface area contributed by atoms with Gasteiger partial charge in [0.25, 0.3) is 5.91 Å². The second-order valence-electron chi connectivity index (χ2n) is 14.9. The summed E-state index contributed by atoms with van der Waals surface area (Å²) < 4.78 is 9.37. The molecule has 1 aliphatic heterocycles. The number of carbonyl (C=O) groups excluding carboxylic acids is 2. The monoisotopic (exact) mass is 726 g/mol. The minimum absolute atomic E-state index is 0.0886. The molecule has 1 aromatic carbocycles. The zero-order valence-electron chi connectivity index (χ0n) is 31.1. The molecule has 1 saturated heterocycles. The summed E-state index contributed by atoms with van der Waals surface area (Å²) in [4.78, 5) is 30.5. The number of benzene rings is 1. The van der Waals surface area contributed by atoms with Crippen molar-refractivity contribution in [3.8, 4) is 6.07 Å². The first kappa shape index (κ1) is 38.3. The number of unbranched alkanes of at least 4 members (excludes halogenated alkanes) is 2. The molecule has 4 heterocycles. The molecule has 284 valence electrons. The number of ether oxygens (including phenoxy) is 1. The van der Waals surface area contributed by atoms with Gasteiger partial charge in [-0.1, -0.05) is 6.42 Å². The van der Waals surface area contributed by atoms with Crippen LogP contribution in [0.2, 0.25) is 0 Å². The molecule has 53 heavy (non-hydrogen) atoms. The first-order chi connectivity index (χ1) is 25.6. The van der Waals surface area contributed by atoms with Crippen LogP contribution in [0.3, 0.4) is 0 Å². The number of amides is 2. The normalized spacial score (nSPS) is 18.7. The van der Waals surface area contributed by atoms with E-state index in [0.717, 1.165) is 88.6 Å². The van der Waals surface area contributed by atoms with Crippen LogP contribution in [0, 0.1) is 11.3 Å². The van der Waals surface area contributed by atoms with E-state index >= 15 is 0 Å². The van der Waals surface area contributed by atoms with Crippen LogP contribution in [-0.2, 0) is 15.1 Å². The van der Waals surface area contributed by atoms with E-state index in [4.69, 9.17) is 15.6 Å². The fourth-order valence-electron chi connectivity index (χ4n) is 7.60. The number of piperazine rings is 1. The van der Waals surface area contributed by atoms with Crippen molar-refractivity contribution in [2.75, 3.05) is 64.3 Å². The van der Waals surface area contributed by atoms with Crippen LogP contribution in [0.25, 0.3) is 16.4 Å². The lowest BCUT2D eigenvalue weighted by Gasteiger charge is -2.42. The van der Waals surface area contributed by atoms with Crippen LogP contribution in [0.15, 0.2) is 42.7 Å². The Morgan fingerprint density at radius 2 is 1.81 bits per heavy atom. The summed E-state index contributed by atoms with van der Waals surface area (Å²) >= 11 is 0. The first-order valence-corrected chi connectivity index (χ1v) is 19.1. The number of hydrogen-bond acceptors (Lipinski definition) is 10. The third-order valence-corrected chi connectivity index (χ3v) is 10.6. The van der Waals surface area contributed by atoms with Gasteiger partial charge in [-0.2, -0.15) is 15.5 Å². The third-order valence-electron chi connectivity index (χ3n) is 10.6. The number of rotatable bonds is 16. The van der Waals surface area contributed by atoms with Crippen molar-refractivity contribution in [3.05, 3.63) is 59.5 Å². The summed E-state index contributed by atoms with van der Waals surface area (Å²) in [5, 5.41) is 36.4. The molecule has 6 rings (SSSR count). The summed E-state index contributed by atoms with van der Waals surface area (Å²) in [6.45, 7) is 11.0. The second-order valence-corrected chi connectivity index (χ2v) is 14.9. The van der Waals surface area contributed by atoms with Gasteiger partial charge in [-0.15, -0.1) is 0 Å². The Balaban J connectivity index is 0.969. The zero-order valence-corrected chi connectivity index (χ0v) is 31.1. The van der Waals surface area contributed by atoms with Gasteiger partial charge in [0, 0.05) is 74.6 Å². The molecule has 1 aliphatic carbocycles. The largest absolute Gasteiger partial charge is 0.386 e.